The zero-order valence-corrected chi connectivity index (χ0v) is 33.8. The Kier molecular flexibility index (Phi) is 10.6. The van der Waals surface area contributed by atoms with Crippen molar-refractivity contribution in [2.75, 3.05) is 0 Å². The second kappa shape index (κ2) is 16.4. The number of rotatable bonds is 8. The third-order valence-electron chi connectivity index (χ3n) is 9.15. The summed E-state index contributed by atoms with van der Waals surface area (Å²) in [5, 5.41) is 0. The van der Waals surface area contributed by atoms with Gasteiger partial charge in [0.15, 0.2) is 23.3 Å². The number of aromatic nitrogens is 5. The van der Waals surface area contributed by atoms with Crippen molar-refractivity contribution in [2.45, 2.75) is 0 Å². The van der Waals surface area contributed by atoms with E-state index in [2.05, 4.69) is 66.7 Å². The Morgan fingerprint density at radius 2 is 0.709 bits per heavy atom. The van der Waals surface area contributed by atoms with Crippen LogP contribution in [0.15, 0.2) is 188 Å². The average molecular weight is 928 g/mol. The molecule has 0 aliphatic rings. The number of nitrogens with zero attached hydrogens (tertiary/aromatic N) is 5. The normalized spacial score (nSPS) is 10.8. The van der Waals surface area contributed by atoms with Gasteiger partial charge in [0, 0.05) is 27.9 Å². The molecule has 7 aromatic carbocycles. The summed E-state index contributed by atoms with van der Waals surface area (Å²) in [5.41, 5.74) is 11.1. The van der Waals surface area contributed by atoms with Crippen LogP contribution in [-0.2, 0) is 0 Å². The Morgan fingerprint density at radius 1 is 0.291 bits per heavy atom. The molecular weight excluding hydrogens is 897 g/mol. The molecule has 55 heavy (non-hydrogen) atoms. The van der Waals surface area contributed by atoms with E-state index in [-0.39, 0.29) is 31.1 Å². The van der Waals surface area contributed by atoms with Gasteiger partial charge in [0.2, 0.25) is 0 Å². The number of benzene rings is 7. The van der Waals surface area contributed by atoms with Crippen LogP contribution in [0.3, 0.4) is 0 Å². The Hall–Kier alpha value is -6.32. The first kappa shape index (κ1) is 35.7. The molecule has 0 N–H and O–H groups in total. The molecule has 0 spiro atoms. The molecule has 0 amide bonds. The zero-order valence-electron chi connectivity index (χ0n) is 29.6. The minimum Gasteiger partial charge on any atom is -0.269 e. The summed E-state index contributed by atoms with van der Waals surface area (Å²) in [6, 6.07) is 70.2. The molecule has 0 fully saturated rings. The fraction of sp³-hybridized carbons (Fsp3) is 0. The van der Waals surface area contributed by atoms with Crippen LogP contribution in [-0.4, -0.2) is 24.9 Å². The average Bonchev–Trinajstić information content (AvgIpc) is 3.27. The van der Waals surface area contributed by atoms with Crippen molar-refractivity contribution in [2.24, 2.45) is 0 Å². The molecule has 0 saturated carbocycles. The van der Waals surface area contributed by atoms with Gasteiger partial charge < -0.3 is 0 Å². The zero-order chi connectivity index (χ0) is 36.1. The topological polar surface area (TPSA) is 64.5 Å². The molecule has 0 radical (unpaired) electrons. The van der Waals surface area contributed by atoms with Gasteiger partial charge in [-0.3, -0.25) is 4.98 Å². The summed E-state index contributed by atoms with van der Waals surface area (Å²) < 4.78 is 0. The standard InChI is InChI=1S/C49H31N5.U/c1-6-16-34(17-7-1)41-30-42(32-43(31-41)45-33-44(36-18-8-2-9-19-36)50-46(51-45)37-20-10-3-11-21-37)35-26-28-40(29-27-35)49-53-47(38-22-12-4-13-23-38)52-48(54-49)39-24-14-5-15-25-39;/h1-16,18-30,32-33H;/q-2;+2. The van der Waals surface area contributed by atoms with E-state index in [0.29, 0.717) is 23.3 Å². The Bertz CT molecular complexity index is 2560. The monoisotopic (exact) mass is 927 g/mol. The van der Waals surface area contributed by atoms with Crippen LogP contribution in [0.2, 0.25) is 0 Å². The molecule has 2 aromatic heterocycles. The third kappa shape index (κ3) is 7.98. The molecule has 5 nitrogen and oxygen atoms in total. The molecular formula is C49H31N5U. The largest absolute Gasteiger partial charge is 2.00 e. The van der Waals surface area contributed by atoms with Crippen molar-refractivity contribution in [3.8, 4) is 90.3 Å². The summed E-state index contributed by atoms with van der Waals surface area (Å²) in [5.74, 6) is 2.53. The van der Waals surface area contributed by atoms with E-state index in [1.54, 1.807) is 0 Å². The maximum Gasteiger partial charge on any atom is 2.00 e. The van der Waals surface area contributed by atoms with Gasteiger partial charge in [-0.25, -0.2) is 25.5 Å². The van der Waals surface area contributed by atoms with Gasteiger partial charge >= 0.3 is 31.1 Å². The van der Waals surface area contributed by atoms with Gasteiger partial charge in [-0.15, -0.1) is 17.7 Å². The predicted molar refractivity (Wildman–Crippen MR) is 217 cm³/mol. The van der Waals surface area contributed by atoms with Crippen LogP contribution < -0.4 is 0 Å². The second-order valence-corrected chi connectivity index (χ2v) is 12.8. The van der Waals surface area contributed by atoms with Crippen molar-refractivity contribution in [3.63, 3.8) is 0 Å². The van der Waals surface area contributed by atoms with Crippen molar-refractivity contribution in [1.82, 2.24) is 24.9 Å². The first-order chi connectivity index (χ1) is 26.7. The number of hydrogen-bond donors (Lipinski definition) is 0. The summed E-state index contributed by atoms with van der Waals surface area (Å²) >= 11 is 0. The van der Waals surface area contributed by atoms with Crippen LogP contribution in [0, 0.1) is 43.2 Å². The fourth-order valence-corrected chi connectivity index (χ4v) is 6.39. The molecule has 2 heterocycles. The summed E-state index contributed by atoms with van der Waals surface area (Å²) in [7, 11) is 0. The predicted octanol–water partition coefficient (Wildman–Crippen LogP) is 11.6. The van der Waals surface area contributed by atoms with Gasteiger partial charge in [-0.05, 0) is 17.2 Å². The van der Waals surface area contributed by atoms with Crippen LogP contribution in [0.1, 0.15) is 0 Å². The SMILES string of the molecule is [U+2].[c-]1ccccc1-c1[c-]c(-c2cc(-c3ccccc3)nc(-c3ccccc3)n2)cc(-c2ccc(-c3nc(-c4ccccc4)nc(-c4ccccc4)n3)cc2)c1. The first-order valence-corrected chi connectivity index (χ1v) is 17.8. The Labute approximate surface area is 344 Å². The van der Waals surface area contributed by atoms with Gasteiger partial charge in [-0.2, -0.15) is 42.0 Å². The van der Waals surface area contributed by atoms with Crippen molar-refractivity contribution < 1.29 is 31.1 Å². The maximum absolute atomic E-state index is 5.11. The summed E-state index contributed by atoms with van der Waals surface area (Å²) in [4.78, 5) is 24.8. The van der Waals surface area contributed by atoms with Crippen molar-refractivity contribution in [3.05, 3.63) is 200 Å². The molecule has 6 heteroatoms. The van der Waals surface area contributed by atoms with E-state index >= 15 is 0 Å². The summed E-state index contributed by atoms with van der Waals surface area (Å²) in [6.45, 7) is 0. The van der Waals surface area contributed by atoms with Crippen molar-refractivity contribution >= 4 is 0 Å². The van der Waals surface area contributed by atoms with Crippen LogP contribution in [0.4, 0.5) is 0 Å². The molecule has 0 aliphatic heterocycles. The first-order valence-electron chi connectivity index (χ1n) is 17.8. The van der Waals surface area contributed by atoms with E-state index in [9.17, 15) is 0 Å². The van der Waals surface area contributed by atoms with Crippen LogP contribution >= 0.6 is 0 Å². The third-order valence-corrected chi connectivity index (χ3v) is 9.15. The second-order valence-electron chi connectivity index (χ2n) is 12.8. The Morgan fingerprint density at radius 3 is 1.22 bits per heavy atom. The van der Waals surface area contributed by atoms with Crippen molar-refractivity contribution in [1.29, 1.82) is 0 Å². The van der Waals surface area contributed by atoms with Gasteiger partial charge in [0.1, 0.15) is 0 Å². The Balaban J connectivity index is 0.00000427. The van der Waals surface area contributed by atoms with E-state index in [4.69, 9.17) is 24.9 Å². The fourth-order valence-electron chi connectivity index (χ4n) is 6.39. The van der Waals surface area contributed by atoms with E-state index in [0.717, 1.165) is 67.0 Å². The number of hydrogen-bond acceptors (Lipinski definition) is 5. The molecule has 9 aromatic rings. The quantitative estimate of drug-likeness (QED) is 0.142. The minimum absolute atomic E-state index is 0. The van der Waals surface area contributed by atoms with Gasteiger partial charge in [-0.1, -0.05) is 151 Å². The molecule has 9 rings (SSSR count). The molecule has 0 saturated heterocycles. The summed E-state index contributed by atoms with van der Waals surface area (Å²) in [6.07, 6.45) is 0. The van der Waals surface area contributed by atoms with Crippen LogP contribution in [0.25, 0.3) is 90.3 Å². The van der Waals surface area contributed by atoms with E-state index in [1.165, 1.54) is 0 Å². The molecule has 0 unspecified atom stereocenters. The molecule has 0 aliphatic carbocycles. The van der Waals surface area contributed by atoms with E-state index in [1.807, 2.05) is 133 Å². The van der Waals surface area contributed by atoms with Crippen LogP contribution in [0.5, 0.6) is 0 Å². The van der Waals surface area contributed by atoms with Gasteiger partial charge in [0.05, 0.1) is 5.69 Å². The van der Waals surface area contributed by atoms with Gasteiger partial charge in [0.25, 0.3) is 0 Å². The molecule has 0 bridgehead atoms. The molecule has 256 valence electrons. The minimum atomic E-state index is 0. The van der Waals surface area contributed by atoms with E-state index < -0.39 is 0 Å². The maximum atomic E-state index is 5.11. The smallest absolute Gasteiger partial charge is 0.269 e. The molecule has 0 atom stereocenters.